The maximum atomic E-state index is 6.81. The molecule has 0 aliphatic rings. The zero-order chi connectivity index (χ0) is 26.5. The van der Waals surface area contributed by atoms with Gasteiger partial charge in [0.1, 0.15) is 18.1 Å². The Morgan fingerprint density at radius 1 is 0.944 bits per heavy atom. The number of furan rings is 1. The third-order valence-corrected chi connectivity index (χ3v) is 15.3. The van der Waals surface area contributed by atoms with Gasteiger partial charge in [0.05, 0.1) is 12.0 Å². The first-order valence-corrected chi connectivity index (χ1v) is 19.5. The van der Waals surface area contributed by atoms with E-state index in [1.807, 2.05) is 12.1 Å². The number of benzene rings is 1. The van der Waals surface area contributed by atoms with Crippen molar-refractivity contribution in [3.63, 3.8) is 0 Å². The van der Waals surface area contributed by atoms with Crippen molar-refractivity contribution >= 4 is 27.4 Å². The maximum Gasteiger partial charge on any atom is 0.200 e. The van der Waals surface area contributed by atoms with Crippen molar-refractivity contribution in [2.75, 3.05) is 13.2 Å². The van der Waals surface area contributed by atoms with Gasteiger partial charge < -0.3 is 18.1 Å². The summed E-state index contributed by atoms with van der Waals surface area (Å²) >= 11 is 0. The van der Waals surface area contributed by atoms with Gasteiger partial charge in [0.15, 0.2) is 8.32 Å². The molecular formula is C29H48N2O3Si2. The standard InChI is InChI=1S/C29H48N2O3Si2/c1-22(2)36(23(3)4,24(5)6)34-15-10-11-29-30-27(20-31(29)21-32-17-18-35(7,8)9)25-12-13-28-26(19-25)14-16-33-28/h12-14,16,19-20,22-24H,10-11,15,17-18,21H2,1-9H3. The number of aryl methyl sites for hydroxylation is 1. The minimum Gasteiger partial charge on any atom is -0.464 e. The van der Waals surface area contributed by atoms with Crippen LogP contribution in [-0.4, -0.2) is 39.2 Å². The van der Waals surface area contributed by atoms with E-state index in [0.29, 0.717) is 23.4 Å². The summed E-state index contributed by atoms with van der Waals surface area (Å²) in [5.74, 6) is 1.07. The van der Waals surface area contributed by atoms with Crippen LogP contribution in [0.2, 0.25) is 42.3 Å². The second-order valence-electron chi connectivity index (χ2n) is 12.3. The van der Waals surface area contributed by atoms with Crippen LogP contribution >= 0.6 is 0 Å². The summed E-state index contributed by atoms with van der Waals surface area (Å²) in [5.41, 5.74) is 4.79. The van der Waals surface area contributed by atoms with Crippen LogP contribution in [0.1, 0.15) is 53.8 Å². The summed E-state index contributed by atoms with van der Waals surface area (Å²) in [4.78, 5) is 5.06. The van der Waals surface area contributed by atoms with E-state index in [4.69, 9.17) is 18.6 Å². The highest BCUT2D eigenvalue weighted by molar-refractivity contribution is 6.77. The monoisotopic (exact) mass is 528 g/mol. The predicted octanol–water partition coefficient (Wildman–Crippen LogP) is 8.73. The molecule has 0 unspecified atom stereocenters. The molecule has 0 saturated heterocycles. The lowest BCUT2D eigenvalue weighted by atomic mass is 10.1. The molecule has 0 aliphatic carbocycles. The average Bonchev–Trinajstić information content (AvgIpc) is 3.41. The smallest absolute Gasteiger partial charge is 0.200 e. The van der Waals surface area contributed by atoms with E-state index < -0.39 is 16.4 Å². The maximum absolute atomic E-state index is 6.81. The van der Waals surface area contributed by atoms with Gasteiger partial charge in [0.2, 0.25) is 0 Å². The summed E-state index contributed by atoms with van der Waals surface area (Å²) in [7, 11) is -2.97. The number of rotatable bonds is 14. The third-order valence-electron chi connectivity index (χ3n) is 7.44. The highest BCUT2D eigenvalue weighted by atomic mass is 28.4. The molecule has 3 rings (SSSR count). The van der Waals surface area contributed by atoms with E-state index >= 15 is 0 Å². The zero-order valence-corrected chi connectivity index (χ0v) is 26.1. The Morgan fingerprint density at radius 3 is 2.28 bits per heavy atom. The first-order chi connectivity index (χ1) is 16.9. The minimum absolute atomic E-state index is 0.546. The Bertz CT molecular complexity index is 1070. The second kappa shape index (κ2) is 12.2. The average molecular weight is 529 g/mol. The molecule has 0 saturated carbocycles. The zero-order valence-electron chi connectivity index (χ0n) is 24.1. The summed E-state index contributed by atoms with van der Waals surface area (Å²) in [6.45, 7) is 23.4. The van der Waals surface area contributed by atoms with Gasteiger partial charge in [-0.1, -0.05) is 61.2 Å². The number of imidazole rings is 1. The fraction of sp³-hybridized carbons (Fsp3) is 0.621. The molecule has 0 fully saturated rings. The highest BCUT2D eigenvalue weighted by Gasteiger charge is 2.44. The topological polar surface area (TPSA) is 49.4 Å². The van der Waals surface area contributed by atoms with E-state index in [1.54, 1.807) is 6.26 Å². The summed E-state index contributed by atoms with van der Waals surface area (Å²) in [6, 6.07) is 9.43. The Labute approximate surface area is 220 Å². The summed E-state index contributed by atoms with van der Waals surface area (Å²) < 4.78 is 20.6. The first kappa shape index (κ1) is 28.9. The molecule has 0 atom stereocenters. The Morgan fingerprint density at radius 2 is 1.64 bits per heavy atom. The molecule has 36 heavy (non-hydrogen) atoms. The molecule has 0 amide bonds. The van der Waals surface area contributed by atoms with Gasteiger partial charge in [0, 0.05) is 44.9 Å². The van der Waals surface area contributed by atoms with E-state index in [0.717, 1.165) is 54.1 Å². The molecule has 0 bridgehead atoms. The van der Waals surface area contributed by atoms with Crippen LogP contribution in [0, 0.1) is 0 Å². The number of hydrogen-bond acceptors (Lipinski definition) is 4. The number of nitrogens with zero attached hydrogens (tertiary/aromatic N) is 2. The molecule has 0 spiro atoms. The largest absolute Gasteiger partial charge is 0.464 e. The van der Waals surface area contributed by atoms with Gasteiger partial charge in [-0.25, -0.2) is 4.98 Å². The molecule has 2 heterocycles. The summed E-state index contributed by atoms with van der Waals surface area (Å²) in [5, 5.41) is 1.10. The molecule has 0 radical (unpaired) electrons. The molecule has 200 valence electrons. The predicted molar refractivity (Wildman–Crippen MR) is 157 cm³/mol. The van der Waals surface area contributed by atoms with E-state index in [9.17, 15) is 0 Å². The summed E-state index contributed by atoms with van der Waals surface area (Å²) in [6.07, 6.45) is 5.72. The van der Waals surface area contributed by atoms with Crippen molar-refractivity contribution in [2.45, 2.75) is 103 Å². The normalized spacial score (nSPS) is 13.1. The molecule has 0 aliphatic heterocycles. The van der Waals surface area contributed by atoms with Crippen molar-refractivity contribution in [1.29, 1.82) is 0 Å². The molecular weight excluding hydrogens is 481 g/mol. The number of ether oxygens (including phenoxy) is 1. The van der Waals surface area contributed by atoms with Crippen molar-refractivity contribution in [3.8, 4) is 11.3 Å². The van der Waals surface area contributed by atoms with Gasteiger partial charge in [-0.2, -0.15) is 0 Å². The van der Waals surface area contributed by atoms with Gasteiger partial charge in [0.25, 0.3) is 0 Å². The van der Waals surface area contributed by atoms with Crippen LogP contribution in [0.5, 0.6) is 0 Å². The van der Waals surface area contributed by atoms with Crippen molar-refractivity contribution in [3.05, 3.63) is 42.5 Å². The molecule has 7 heteroatoms. The fourth-order valence-corrected chi connectivity index (χ4v) is 11.8. The van der Waals surface area contributed by atoms with Crippen molar-refractivity contribution < 1.29 is 13.6 Å². The van der Waals surface area contributed by atoms with E-state index in [2.05, 4.69) is 84.1 Å². The molecule has 1 aromatic carbocycles. The highest BCUT2D eigenvalue weighted by Crippen LogP contribution is 2.42. The van der Waals surface area contributed by atoms with Crippen LogP contribution in [0.25, 0.3) is 22.2 Å². The van der Waals surface area contributed by atoms with E-state index in [-0.39, 0.29) is 0 Å². The molecule has 5 nitrogen and oxygen atoms in total. The lowest BCUT2D eigenvalue weighted by Gasteiger charge is -2.42. The van der Waals surface area contributed by atoms with Crippen LogP contribution in [-0.2, 0) is 22.3 Å². The third kappa shape index (κ3) is 7.00. The second-order valence-corrected chi connectivity index (χ2v) is 23.4. The minimum atomic E-state index is -1.85. The molecule has 2 aromatic heterocycles. The van der Waals surface area contributed by atoms with Gasteiger partial charge in [-0.3, -0.25) is 0 Å². The lowest BCUT2D eigenvalue weighted by molar-refractivity contribution is 0.0849. The Kier molecular flexibility index (Phi) is 9.83. The fourth-order valence-electron chi connectivity index (χ4n) is 5.55. The van der Waals surface area contributed by atoms with Crippen LogP contribution < -0.4 is 0 Å². The van der Waals surface area contributed by atoms with Crippen LogP contribution in [0.15, 0.2) is 41.1 Å². The van der Waals surface area contributed by atoms with Crippen molar-refractivity contribution in [2.24, 2.45) is 0 Å². The van der Waals surface area contributed by atoms with Crippen LogP contribution in [0.4, 0.5) is 0 Å². The van der Waals surface area contributed by atoms with Gasteiger partial charge >= 0.3 is 0 Å². The Hall–Kier alpha value is -1.68. The SMILES string of the molecule is CC(C)[Si](OCCCc1nc(-c2ccc3occc3c2)cn1COCC[Si](C)(C)C)(C(C)C)C(C)C. The first-order valence-electron chi connectivity index (χ1n) is 13.7. The number of fused-ring (bicyclic) bond motifs is 1. The van der Waals surface area contributed by atoms with Crippen molar-refractivity contribution in [1.82, 2.24) is 9.55 Å². The quantitative estimate of drug-likeness (QED) is 0.155. The number of hydrogen-bond donors (Lipinski definition) is 0. The van der Waals surface area contributed by atoms with Gasteiger partial charge in [-0.15, -0.1) is 0 Å². The number of aromatic nitrogens is 2. The van der Waals surface area contributed by atoms with Gasteiger partial charge in [-0.05, 0) is 53.4 Å². The molecule has 3 aromatic rings. The molecule has 0 N–H and O–H groups in total. The Balaban J connectivity index is 1.73. The van der Waals surface area contributed by atoms with Crippen LogP contribution in [0.3, 0.4) is 0 Å². The lowest BCUT2D eigenvalue weighted by Crippen LogP contribution is -2.48. The van der Waals surface area contributed by atoms with E-state index in [1.165, 1.54) is 6.04 Å².